The topological polar surface area (TPSA) is 64.6 Å². The van der Waals surface area contributed by atoms with Crippen LogP contribution in [0.5, 0.6) is 5.75 Å². The number of halogens is 9. The fourth-order valence-electron chi connectivity index (χ4n) is 5.07. The third-order valence-corrected chi connectivity index (χ3v) is 7.35. The van der Waals surface area contributed by atoms with Crippen LogP contribution in [0.1, 0.15) is 52.0 Å². The zero-order chi connectivity index (χ0) is 35.7. The predicted octanol–water partition coefficient (Wildman–Crippen LogP) is 8.39. The van der Waals surface area contributed by atoms with E-state index in [1.54, 1.807) is 18.2 Å². The Hall–Kier alpha value is -5.01. The van der Waals surface area contributed by atoms with Crippen LogP contribution in [0, 0.1) is 17.5 Å². The van der Waals surface area contributed by atoms with E-state index in [0.29, 0.717) is 23.8 Å². The van der Waals surface area contributed by atoms with Gasteiger partial charge in [-0.05, 0) is 73.0 Å². The molecule has 0 spiro atoms. The molecule has 1 N–H and O–H groups in total. The zero-order valence-electron chi connectivity index (χ0n) is 25.3. The molecule has 0 bridgehead atoms. The lowest BCUT2D eigenvalue weighted by molar-refractivity contribution is -0.156. The van der Waals surface area contributed by atoms with E-state index in [9.17, 15) is 44.7 Å². The van der Waals surface area contributed by atoms with E-state index in [1.165, 1.54) is 26.0 Å². The largest absolute Gasteiger partial charge is 0.476 e. The van der Waals surface area contributed by atoms with E-state index in [4.69, 9.17) is 9.47 Å². The molecule has 0 aliphatic rings. The highest BCUT2D eigenvalue weighted by Gasteiger charge is 2.42. The Kier molecular flexibility index (Phi) is 9.89. The normalized spacial score (nSPS) is 13.4. The molecule has 1 atom stereocenters. The second-order valence-corrected chi connectivity index (χ2v) is 11.2. The summed E-state index contributed by atoms with van der Waals surface area (Å²) in [5, 5.41) is 2.44. The number of methoxy groups -OCH3 is 1. The van der Waals surface area contributed by atoms with Crippen LogP contribution in [0.4, 0.5) is 39.5 Å². The Morgan fingerprint density at radius 3 is 1.88 bits per heavy atom. The average Bonchev–Trinajstić information content (AvgIpc) is 2.99. The lowest BCUT2D eigenvalue weighted by Gasteiger charge is -2.37. The number of nitrogens with one attached hydrogen (secondary N) is 1. The van der Waals surface area contributed by atoms with Gasteiger partial charge >= 0.3 is 18.3 Å². The Bertz CT molecular complexity index is 1820. The van der Waals surface area contributed by atoms with Gasteiger partial charge in [-0.25, -0.2) is 18.0 Å². The van der Waals surface area contributed by atoms with Crippen molar-refractivity contribution in [3.05, 3.63) is 136 Å². The van der Waals surface area contributed by atoms with Gasteiger partial charge in [-0.15, -0.1) is 0 Å². The molecule has 48 heavy (non-hydrogen) atoms. The maximum absolute atomic E-state index is 15.4. The number of amides is 1. The third-order valence-electron chi connectivity index (χ3n) is 7.35. The Labute approximate surface area is 268 Å². The van der Waals surface area contributed by atoms with Crippen LogP contribution in [0.25, 0.3) is 0 Å². The SMILES string of the molecule is COC(=O)C(C)(C)Oc1cc(F)cc(C(Cc2ccccc2)(NC(=O)c2ccc(F)c(C(F)(F)F)c2)c2ccc(F)c(C(F)(F)F)c2)c1. The van der Waals surface area contributed by atoms with Gasteiger partial charge in [-0.2, -0.15) is 26.3 Å². The van der Waals surface area contributed by atoms with Crippen molar-refractivity contribution in [1.82, 2.24) is 5.32 Å². The smallest absolute Gasteiger partial charge is 0.419 e. The summed E-state index contributed by atoms with van der Waals surface area (Å²) in [7, 11) is 1.07. The Morgan fingerprint density at radius 1 is 0.708 bits per heavy atom. The Morgan fingerprint density at radius 2 is 1.29 bits per heavy atom. The average molecular weight is 684 g/mol. The molecule has 0 radical (unpaired) electrons. The molecular weight excluding hydrogens is 657 g/mol. The minimum absolute atomic E-state index is 0.211. The van der Waals surface area contributed by atoms with Crippen molar-refractivity contribution in [3.63, 3.8) is 0 Å². The molecule has 4 aromatic rings. The van der Waals surface area contributed by atoms with Crippen LogP contribution >= 0.6 is 0 Å². The second kappa shape index (κ2) is 13.2. The summed E-state index contributed by atoms with van der Waals surface area (Å²) in [6.07, 6.45) is -10.9. The highest BCUT2D eigenvalue weighted by Crippen LogP contribution is 2.41. The van der Waals surface area contributed by atoms with Crippen molar-refractivity contribution in [1.29, 1.82) is 0 Å². The first-order chi connectivity index (χ1) is 22.3. The number of ether oxygens (including phenoxy) is 2. The van der Waals surface area contributed by atoms with Crippen LogP contribution in [0.15, 0.2) is 84.9 Å². The van der Waals surface area contributed by atoms with Crippen LogP contribution in [-0.2, 0) is 33.8 Å². The standard InChI is InChI=1S/C34H26F9NO4/c1-31(2,30(46)47-3)48-24-15-22(14-23(35)17-24)32(18-19-7-5-4-6-8-19,21-10-12-28(37)26(16-21)34(41,42)43)44-29(45)20-9-11-27(36)25(13-20)33(38,39)40/h4-17H,18H2,1-3H3,(H,44,45). The molecule has 0 saturated heterocycles. The summed E-state index contributed by atoms with van der Waals surface area (Å²) in [5.41, 5.74) is -8.78. The van der Waals surface area contributed by atoms with E-state index in [0.717, 1.165) is 37.4 Å². The quantitative estimate of drug-likeness (QED) is 0.142. The van der Waals surface area contributed by atoms with Crippen molar-refractivity contribution < 1.29 is 58.6 Å². The monoisotopic (exact) mass is 683 g/mol. The molecular formula is C34H26F9NO4. The number of benzene rings is 4. The first-order valence-corrected chi connectivity index (χ1v) is 14.0. The first kappa shape index (κ1) is 35.8. The van der Waals surface area contributed by atoms with Gasteiger partial charge in [0.2, 0.25) is 0 Å². The lowest BCUT2D eigenvalue weighted by atomic mass is 9.77. The molecule has 1 unspecified atom stereocenters. The maximum Gasteiger partial charge on any atom is 0.419 e. The molecule has 0 heterocycles. The summed E-state index contributed by atoms with van der Waals surface area (Å²) in [5.74, 6) is -7.01. The molecule has 254 valence electrons. The molecule has 0 aliphatic heterocycles. The van der Waals surface area contributed by atoms with Crippen molar-refractivity contribution in [2.45, 2.75) is 43.8 Å². The lowest BCUT2D eigenvalue weighted by Crippen LogP contribution is -2.49. The number of hydrogen-bond donors (Lipinski definition) is 1. The van der Waals surface area contributed by atoms with Gasteiger partial charge in [0.05, 0.1) is 23.8 Å². The van der Waals surface area contributed by atoms with Gasteiger partial charge in [0.25, 0.3) is 5.91 Å². The molecule has 5 nitrogen and oxygen atoms in total. The van der Waals surface area contributed by atoms with E-state index in [1.807, 2.05) is 0 Å². The minimum Gasteiger partial charge on any atom is -0.476 e. The highest BCUT2D eigenvalue weighted by atomic mass is 19.4. The van der Waals surface area contributed by atoms with Gasteiger partial charge in [-0.1, -0.05) is 36.4 Å². The number of rotatable bonds is 9. The van der Waals surface area contributed by atoms with Crippen LogP contribution in [0.3, 0.4) is 0 Å². The molecule has 4 aromatic carbocycles. The van der Waals surface area contributed by atoms with Crippen molar-refractivity contribution >= 4 is 11.9 Å². The third kappa shape index (κ3) is 7.75. The zero-order valence-corrected chi connectivity index (χ0v) is 25.3. The molecule has 0 aromatic heterocycles. The number of esters is 1. The highest BCUT2D eigenvalue weighted by molar-refractivity contribution is 5.95. The number of alkyl halides is 6. The Balaban J connectivity index is 2.05. The molecule has 0 saturated carbocycles. The summed E-state index contributed by atoms with van der Waals surface area (Å²) in [6.45, 7) is 2.56. The molecule has 14 heteroatoms. The fraction of sp³-hybridized carbons (Fsp3) is 0.235. The second-order valence-electron chi connectivity index (χ2n) is 11.2. The van der Waals surface area contributed by atoms with Crippen LogP contribution in [-0.4, -0.2) is 24.6 Å². The molecule has 1 amide bonds. The minimum atomic E-state index is -5.25. The molecule has 0 aliphatic carbocycles. The van der Waals surface area contributed by atoms with Gasteiger partial charge in [-0.3, -0.25) is 4.79 Å². The van der Waals surface area contributed by atoms with E-state index in [-0.39, 0.29) is 17.4 Å². The van der Waals surface area contributed by atoms with E-state index in [2.05, 4.69) is 5.32 Å². The summed E-state index contributed by atoms with van der Waals surface area (Å²) >= 11 is 0. The summed E-state index contributed by atoms with van der Waals surface area (Å²) < 4.78 is 137. The summed E-state index contributed by atoms with van der Waals surface area (Å²) in [6, 6.07) is 13.5. The van der Waals surface area contributed by atoms with Gasteiger partial charge in [0.1, 0.15) is 23.2 Å². The molecule has 0 fully saturated rings. The summed E-state index contributed by atoms with van der Waals surface area (Å²) in [4.78, 5) is 26.1. The predicted molar refractivity (Wildman–Crippen MR) is 154 cm³/mol. The van der Waals surface area contributed by atoms with Gasteiger partial charge in [0, 0.05) is 18.1 Å². The number of hydrogen-bond acceptors (Lipinski definition) is 4. The van der Waals surface area contributed by atoms with Gasteiger partial charge < -0.3 is 14.8 Å². The molecule has 4 rings (SSSR count). The van der Waals surface area contributed by atoms with E-state index < -0.39 is 81.5 Å². The van der Waals surface area contributed by atoms with Crippen LogP contribution in [0.2, 0.25) is 0 Å². The number of carbonyl (C=O) groups excluding carboxylic acids is 2. The number of carbonyl (C=O) groups is 2. The van der Waals surface area contributed by atoms with E-state index >= 15 is 4.39 Å². The van der Waals surface area contributed by atoms with Crippen molar-refractivity contribution in [2.75, 3.05) is 7.11 Å². The maximum atomic E-state index is 15.4. The van der Waals surface area contributed by atoms with Crippen LogP contribution < -0.4 is 10.1 Å². The first-order valence-electron chi connectivity index (χ1n) is 14.0. The van der Waals surface area contributed by atoms with Crippen molar-refractivity contribution in [2.24, 2.45) is 0 Å². The van der Waals surface area contributed by atoms with Crippen molar-refractivity contribution in [3.8, 4) is 5.75 Å². The van der Waals surface area contributed by atoms with Gasteiger partial charge in [0.15, 0.2) is 5.60 Å². The fourth-order valence-corrected chi connectivity index (χ4v) is 5.07.